The number of aryl methyl sites for hydroxylation is 1. The van der Waals surface area contributed by atoms with Crippen molar-refractivity contribution in [2.45, 2.75) is 71.4 Å². The Bertz CT molecular complexity index is 340. The van der Waals surface area contributed by atoms with Crippen LogP contribution in [0.5, 0.6) is 0 Å². The standard InChI is InChI=1S/C15H26N2O/c1-3-5-12-6-8-13(9-7-12)16-11-15-17-10-14(4-2)18-15/h10,12-13,16H,3-9,11H2,1-2H3. The van der Waals surface area contributed by atoms with Gasteiger partial charge in [-0.15, -0.1) is 0 Å². The first-order chi connectivity index (χ1) is 8.81. The van der Waals surface area contributed by atoms with E-state index in [0.29, 0.717) is 6.04 Å². The van der Waals surface area contributed by atoms with Crippen molar-refractivity contribution in [1.29, 1.82) is 0 Å². The Kier molecular flexibility index (Phi) is 5.24. The van der Waals surface area contributed by atoms with Gasteiger partial charge in [-0.1, -0.05) is 26.7 Å². The molecule has 1 heterocycles. The average Bonchev–Trinajstić information content (AvgIpc) is 2.86. The molecule has 0 unspecified atom stereocenters. The first-order valence-corrected chi connectivity index (χ1v) is 7.48. The van der Waals surface area contributed by atoms with Gasteiger partial charge in [0.05, 0.1) is 12.7 Å². The van der Waals surface area contributed by atoms with Gasteiger partial charge in [0.15, 0.2) is 0 Å². The predicted molar refractivity (Wildman–Crippen MR) is 73.4 cm³/mol. The molecule has 0 aromatic carbocycles. The molecule has 0 spiro atoms. The van der Waals surface area contributed by atoms with Crippen LogP contribution in [0.15, 0.2) is 10.6 Å². The van der Waals surface area contributed by atoms with E-state index in [-0.39, 0.29) is 0 Å². The minimum absolute atomic E-state index is 0.662. The van der Waals surface area contributed by atoms with E-state index in [2.05, 4.69) is 24.1 Å². The number of nitrogens with one attached hydrogen (secondary N) is 1. The Labute approximate surface area is 110 Å². The van der Waals surface area contributed by atoms with Crippen molar-refractivity contribution in [1.82, 2.24) is 10.3 Å². The number of aromatic nitrogens is 1. The lowest BCUT2D eigenvalue weighted by Crippen LogP contribution is -2.32. The summed E-state index contributed by atoms with van der Waals surface area (Å²) in [4.78, 5) is 4.29. The molecule has 0 atom stereocenters. The Morgan fingerprint density at radius 1 is 1.28 bits per heavy atom. The van der Waals surface area contributed by atoms with Gasteiger partial charge in [-0.2, -0.15) is 0 Å². The van der Waals surface area contributed by atoms with E-state index >= 15 is 0 Å². The number of hydrogen-bond acceptors (Lipinski definition) is 3. The summed E-state index contributed by atoms with van der Waals surface area (Å²) in [5.41, 5.74) is 0. The molecule has 0 bridgehead atoms. The van der Waals surface area contributed by atoms with Gasteiger partial charge in [0.2, 0.25) is 5.89 Å². The second-order valence-corrected chi connectivity index (χ2v) is 5.46. The van der Waals surface area contributed by atoms with Gasteiger partial charge in [0.1, 0.15) is 5.76 Å². The number of oxazole rings is 1. The van der Waals surface area contributed by atoms with Crippen LogP contribution in [0.1, 0.15) is 64.0 Å². The van der Waals surface area contributed by atoms with Gasteiger partial charge in [-0.05, 0) is 31.6 Å². The molecule has 0 radical (unpaired) electrons. The molecule has 1 N–H and O–H groups in total. The molecule has 18 heavy (non-hydrogen) atoms. The fourth-order valence-corrected chi connectivity index (χ4v) is 2.89. The van der Waals surface area contributed by atoms with Crippen molar-refractivity contribution in [2.24, 2.45) is 5.92 Å². The molecule has 3 nitrogen and oxygen atoms in total. The van der Waals surface area contributed by atoms with Crippen LogP contribution in [-0.4, -0.2) is 11.0 Å². The SMILES string of the molecule is CCCC1CCC(NCc2ncc(CC)o2)CC1. The molecular weight excluding hydrogens is 224 g/mol. The molecule has 1 aromatic heterocycles. The quantitative estimate of drug-likeness (QED) is 0.837. The van der Waals surface area contributed by atoms with Crippen molar-refractivity contribution < 1.29 is 4.42 Å². The van der Waals surface area contributed by atoms with Crippen LogP contribution >= 0.6 is 0 Å². The van der Waals surface area contributed by atoms with E-state index in [1.807, 2.05) is 6.20 Å². The maximum absolute atomic E-state index is 5.61. The van der Waals surface area contributed by atoms with Gasteiger partial charge in [-0.3, -0.25) is 0 Å². The summed E-state index contributed by atoms with van der Waals surface area (Å²) in [7, 11) is 0. The first-order valence-electron chi connectivity index (χ1n) is 7.48. The number of hydrogen-bond donors (Lipinski definition) is 1. The average molecular weight is 250 g/mol. The van der Waals surface area contributed by atoms with Crippen molar-refractivity contribution in [3.8, 4) is 0 Å². The minimum Gasteiger partial charge on any atom is -0.444 e. The van der Waals surface area contributed by atoms with E-state index in [9.17, 15) is 0 Å². The van der Waals surface area contributed by atoms with Crippen LogP contribution in [0.25, 0.3) is 0 Å². The summed E-state index contributed by atoms with van der Waals surface area (Å²) in [6.07, 6.45) is 10.9. The zero-order valence-corrected chi connectivity index (χ0v) is 11.7. The summed E-state index contributed by atoms with van der Waals surface area (Å²) >= 11 is 0. The Morgan fingerprint density at radius 2 is 2.06 bits per heavy atom. The molecule has 1 fully saturated rings. The summed E-state index contributed by atoms with van der Waals surface area (Å²) in [5.74, 6) is 2.79. The van der Waals surface area contributed by atoms with Gasteiger partial charge in [-0.25, -0.2) is 4.98 Å². The van der Waals surface area contributed by atoms with Crippen molar-refractivity contribution in [3.63, 3.8) is 0 Å². The van der Waals surface area contributed by atoms with E-state index in [1.54, 1.807) is 0 Å². The second kappa shape index (κ2) is 6.93. The highest BCUT2D eigenvalue weighted by Gasteiger charge is 2.20. The van der Waals surface area contributed by atoms with Crippen molar-refractivity contribution in [2.75, 3.05) is 0 Å². The highest BCUT2D eigenvalue weighted by Crippen LogP contribution is 2.27. The van der Waals surface area contributed by atoms with Crippen LogP contribution in [0.2, 0.25) is 0 Å². The Hall–Kier alpha value is -0.830. The Morgan fingerprint density at radius 3 is 2.67 bits per heavy atom. The molecule has 1 aliphatic carbocycles. The molecule has 0 amide bonds. The highest BCUT2D eigenvalue weighted by molar-refractivity contribution is 4.93. The fraction of sp³-hybridized carbons (Fsp3) is 0.800. The summed E-state index contributed by atoms with van der Waals surface area (Å²) in [6.45, 7) is 5.16. The molecule has 2 rings (SSSR count). The van der Waals surface area contributed by atoms with Crippen molar-refractivity contribution >= 4 is 0 Å². The maximum Gasteiger partial charge on any atom is 0.208 e. The molecule has 1 aromatic rings. The lowest BCUT2D eigenvalue weighted by molar-refractivity contribution is 0.271. The molecule has 1 aliphatic rings. The minimum atomic E-state index is 0.662. The normalized spacial score (nSPS) is 24.3. The number of rotatable bonds is 6. The molecule has 0 aliphatic heterocycles. The van der Waals surface area contributed by atoms with Gasteiger partial charge < -0.3 is 9.73 Å². The summed E-state index contributed by atoms with van der Waals surface area (Å²) < 4.78 is 5.61. The van der Waals surface area contributed by atoms with Gasteiger partial charge in [0.25, 0.3) is 0 Å². The molecule has 102 valence electrons. The van der Waals surface area contributed by atoms with Gasteiger partial charge in [0, 0.05) is 12.5 Å². The highest BCUT2D eigenvalue weighted by atomic mass is 16.4. The zero-order valence-electron chi connectivity index (χ0n) is 11.7. The maximum atomic E-state index is 5.61. The topological polar surface area (TPSA) is 38.1 Å². The van der Waals surface area contributed by atoms with Crippen LogP contribution in [-0.2, 0) is 13.0 Å². The van der Waals surface area contributed by atoms with Crippen LogP contribution in [0, 0.1) is 5.92 Å². The largest absolute Gasteiger partial charge is 0.444 e. The first kappa shape index (κ1) is 13.6. The van der Waals surface area contributed by atoms with E-state index in [1.165, 1.54) is 38.5 Å². The predicted octanol–water partition coefficient (Wildman–Crippen LogP) is 3.69. The smallest absolute Gasteiger partial charge is 0.208 e. The van der Waals surface area contributed by atoms with E-state index in [4.69, 9.17) is 4.42 Å². The van der Waals surface area contributed by atoms with E-state index in [0.717, 1.165) is 30.5 Å². The van der Waals surface area contributed by atoms with Crippen LogP contribution < -0.4 is 5.32 Å². The third kappa shape index (κ3) is 3.84. The zero-order chi connectivity index (χ0) is 12.8. The summed E-state index contributed by atoms with van der Waals surface area (Å²) in [6, 6.07) is 0.662. The molecule has 1 saturated carbocycles. The van der Waals surface area contributed by atoms with Crippen LogP contribution in [0.4, 0.5) is 0 Å². The number of nitrogens with zero attached hydrogens (tertiary/aromatic N) is 1. The Balaban J connectivity index is 1.68. The third-order valence-corrected chi connectivity index (χ3v) is 4.04. The fourth-order valence-electron chi connectivity index (χ4n) is 2.89. The summed E-state index contributed by atoms with van der Waals surface area (Å²) in [5, 5.41) is 3.58. The molecule has 3 heteroatoms. The van der Waals surface area contributed by atoms with E-state index < -0.39 is 0 Å². The van der Waals surface area contributed by atoms with Crippen LogP contribution in [0.3, 0.4) is 0 Å². The third-order valence-electron chi connectivity index (χ3n) is 4.04. The molecule has 0 saturated heterocycles. The lowest BCUT2D eigenvalue weighted by atomic mass is 9.83. The van der Waals surface area contributed by atoms with Gasteiger partial charge >= 0.3 is 0 Å². The van der Waals surface area contributed by atoms with Crippen molar-refractivity contribution in [3.05, 3.63) is 17.8 Å². The monoisotopic (exact) mass is 250 g/mol. The lowest BCUT2D eigenvalue weighted by Gasteiger charge is -2.28. The molecular formula is C15H26N2O. The second-order valence-electron chi connectivity index (χ2n) is 5.46.